The minimum atomic E-state index is -0.398. The summed E-state index contributed by atoms with van der Waals surface area (Å²) in [5.74, 6) is 0.253. The first-order valence-electron chi connectivity index (χ1n) is 7.32. The van der Waals surface area contributed by atoms with Crippen LogP contribution in [0.4, 0.5) is 5.69 Å². The van der Waals surface area contributed by atoms with Crippen LogP contribution in [-0.2, 0) is 0 Å². The minimum absolute atomic E-state index is 0.398. The van der Waals surface area contributed by atoms with Crippen LogP contribution in [0.1, 0.15) is 40.0 Å². The summed E-state index contributed by atoms with van der Waals surface area (Å²) in [7, 11) is 0. The topological polar surface area (TPSA) is 58.0 Å². The second-order valence-corrected chi connectivity index (χ2v) is 6.86. The van der Waals surface area contributed by atoms with Gasteiger partial charge in [0.05, 0.1) is 5.52 Å². The fourth-order valence-electron chi connectivity index (χ4n) is 3.42. The fraction of sp³-hybridized carbons (Fsp3) is 0.562. The molecule has 1 heterocycles. The van der Waals surface area contributed by atoms with Gasteiger partial charge in [0.2, 0.25) is 0 Å². The van der Waals surface area contributed by atoms with Crippen molar-refractivity contribution in [1.29, 1.82) is 0 Å². The number of H-pyrrole nitrogens is 1. The SMILES string of the molecule is CC1CC(C)(C)CCC1Nc1ccc2oc(=O)[nH]c2c1. The summed E-state index contributed by atoms with van der Waals surface area (Å²) >= 11 is 0. The van der Waals surface area contributed by atoms with Crippen LogP contribution in [0.3, 0.4) is 0 Å². The summed E-state index contributed by atoms with van der Waals surface area (Å²) in [4.78, 5) is 13.9. The highest BCUT2D eigenvalue weighted by Crippen LogP contribution is 2.39. The van der Waals surface area contributed by atoms with Crippen LogP contribution < -0.4 is 11.1 Å². The summed E-state index contributed by atoms with van der Waals surface area (Å²) in [5, 5.41) is 3.61. The Morgan fingerprint density at radius 2 is 2.20 bits per heavy atom. The normalized spacial score (nSPS) is 25.8. The van der Waals surface area contributed by atoms with Gasteiger partial charge in [0.25, 0.3) is 0 Å². The molecule has 4 nitrogen and oxygen atoms in total. The van der Waals surface area contributed by atoms with Crippen molar-refractivity contribution in [2.75, 3.05) is 5.32 Å². The van der Waals surface area contributed by atoms with Crippen molar-refractivity contribution in [3.63, 3.8) is 0 Å². The van der Waals surface area contributed by atoms with Gasteiger partial charge in [-0.1, -0.05) is 20.8 Å². The van der Waals surface area contributed by atoms with E-state index in [4.69, 9.17) is 4.42 Å². The third-order valence-corrected chi connectivity index (χ3v) is 4.46. The van der Waals surface area contributed by atoms with E-state index >= 15 is 0 Å². The predicted octanol–water partition coefficient (Wildman–Crippen LogP) is 3.75. The van der Waals surface area contributed by atoms with Gasteiger partial charge in [-0.25, -0.2) is 4.79 Å². The lowest BCUT2D eigenvalue weighted by Crippen LogP contribution is -2.36. The quantitative estimate of drug-likeness (QED) is 0.877. The zero-order valence-electron chi connectivity index (χ0n) is 12.3. The first-order valence-corrected chi connectivity index (χ1v) is 7.32. The second kappa shape index (κ2) is 4.69. The van der Waals surface area contributed by atoms with Gasteiger partial charge in [-0.05, 0) is 48.8 Å². The molecule has 1 aromatic heterocycles. The number of aromatic amines is 1. The van der Waals surface area contributed by atoms with Gasteiger partial charge in [0.15, 0.2) is 5.58 Å². The van der Waals surface area contributed by atoms with Crippen molar-refractivity contribution in [3.8, 4) is 0 Å². The largest absolute Gasteiger partial charge is 0.417 e. The molecule has 0 aliphatic heterocycles. The van der Waals surface area contributed by atoms with Crippen LogP contribution in [0, 0.1) is 11.3 Å². The zero-order valence-corrected chi connectivity index (χ0v) is 12.3. The molecule has 0 bridgehead atoms. The molecular formula is C16H22N2O2. The number of rotatable bonds is 2. The fourth-order valence-corrected chi connectivity index (χ4v) is 3.42. The molecule has 2 N–H and O–H groups in total. The number of nitrogens with one attached hydrogen (secondary N) is 2. The van der Waals surface area contributed by atoms with Gasteiger partial charge in [0, 0.05) is 11.7 Å². The van der Waals surface area contributed by atoms with Gasteiger partial charge in [-0.3, -0.25) is 4.98 Å². The minimum Gasteiger partial charge on any atom is -0.408 e. The Hall–Kier alpha value is -1.71. The third kappa shape index (κ3) is 2.60. The summed E-state index contributed by atoms with van der Waals surface area (Å²) in [6.07, 6.45) is 3.68. The maximum Gasteiger partial charge on any atom is 0.417 e. The summed E-state index contributed by atoms with van der Waals surface area (Å²) in [6, 6.07) is 6.27. The lowest BCUT2D eigenvalue weighted by molar-refractivity contribution is 0.177. The number of anilines is 1. The second-order valence-electron chi connectivity index (χ2n) is 6.86. The average molecular weight is 274 g/mol. The highest BCUT2D eigenvalue weighted by molar-refractivity contribution is 5.76. The van der Waals surface area contributed by atoms with Crippen LogP contribution in [0.25, 0.3) is 11.1 Å². The molecule has 0 amide bonds. The zero-order chi connectivity index (χ0) is 14.3. The lowest BCUT2D eigenvalue weighted by Gasteiger charge is -2.40. The van der Waals surface area contributed by atoms with E-state index in [1.807, 2.05) is 18.2 Å². The molecule has 1 fully saturated rings. The van der Waals surface area contributed by atoms with E-state index in [2.05, 4.69) is 31.1 Å². The Morgan fingerprint density at radius 1 is 1.40 bits per heavy atom. The molecule has 0 saturated heterocycles. The first-order chi connectivity index (χ1) is 9.43. The monoisotopic (exact) mass is 274 g/mol. The Balaban J connectivity index is 1.77. The summed E-state index contributed by atoms with van der Waals surface area (Å²) in [6.45, 7) is 7.01. The lowest BCUT2D eigenvalue weighted by atomic mass is 9.70. The molecule has 1 saturated carbocycles. The molecule has 108 valence electrons. The number of hydrogen-bond acceptors (Lipinski definition) is 3. The van der Waals surface area contributed by atoms with E-state index in [9.17, 15) is 4.79 Å². The maximum atomic E-state index is 11.2. The van der Waals surface area contributed by atoms with Crippen molar-refractivity contribution in [2.45, 2.75) is 46.1 Å². The molecule has 2 atom stereocenters. The predicted molar refractivity (Wildman–Crippen MR) is 81.0 cm³/mol. The number of oxazole rings is 1. The van der Waals surface area contributed by atoms with E-state index < -0.39 is 5.76 Å². The van der Waals surface area contributed by atoms with E-state index in [1.165, 1.54) is 19.3 Å². The number of benzene rings is 1. The Morgan fingerprint density at radius 3 is 2.95 bits per heavy atom. The molecule has 0 radical (unpaired) electrons. The summed E-state index contributed by atoms with van der Waals surface area (Å²) in [5.41, 5.74) is 2.87. The van der Waals surface area contributed by atoms with Crippen LogP contribution in [0.2, 0.25) is 0 Å². The number of fused-ring (bicyclic) bond motifs is 1. The molecule has 4 heteroatoms. The Labute approximate surface area is 118 Å². The standard InChI is InChI=1S/C16H22N2O2/c1-10-9-16(2,3)7-6-12(10)17-11-4-5-14-13(8-11)18-15(19)20-14/h4-5,8,10,12,17H,6-7,9H2,1-3H3,(H,18,19). The van der Waals surface area contributed by atoms with Crippen LogP contribution in [0.15, 0.2) is 27.4 Å². The van der Waals surface area contributed by atoms with Crippen molar-refractivity contribution < 1.29 is 4.42 Å². The van der Waals surface area contributed by atoms with Gasteiger partial charge < -0.3 is 9.73 Å². The molecule has 0 spiro atoms. The van der Waals surface area contributed by atoms with Crippen molar-refractivity contribution >= 4 is 16.8 Å². The van der Waals surface area contributed by atoms with Gasteiger partial charge in [-0.15, -0.1) is 0 Å². The molecule has 2 aromatic rings. The maximum absolute atomic E-state index is 11.2. The van der Waals surface area contributed by atoms with Crippen LogP contribution >= 0.6 is 0 Å². The third-order valence-electron chi connectivity index (χ3n) is 4.46. The van der Waals surface area contributed by atoms with Gasteiger partial charge >= 0.3 is 5.76 Å². The molecule has 20 heavy (non-hydrogen) atoms. The number of hydrogen-bond donors (Lipinski definition) is 2. The Bertz CT molecular complexity index is 668. The van der Waals surface area contributed by atoms with Gasteiger partial charge in [-0.2, -0.15) is 0 Å². The average Bonchev–Trinajstić information content (AvgIpc) is 2.71. The van der Waals surface area contributed by atoms with E-state index in [0.717, 1.165) is 11.2 Å². The van der Waals surface area contributed by atoms with Crippen molar-refractivity contribution in [2.24, 2.45) is 11.3 Å². The van der Waals surface area contributed by atoms with Gasteiger partial charge in [0.1, 0.15) is 0 Å². The van der Waals surface area contributed by atoms with Crippen molar-refractivity contribution in [3.05, 3.63) is 28.7 Å². The molecule has 1 aliphatic carbocycles. The van der Waals surface area contributed by atoms with Crippen LogP contribution in [0.5, 0.6) is 0 Å². The highest BCUT2D eigenvalue weighted by atomic mass is 16.4. The molecule has 1 aliphatic rings. The Kier molecular flexibility index (Phi) is 3.11. The van der Waals surface area contributed by atoms with E-state index in [-0.39, 0.29) is 0 Å². The highest BCUT2D eigenvalue weighted by Gasteiger charge is 2.32. The molecule has 3 rings (SSSR count). The van der Waals surface area contributed by atoms with Crippen molar-refractivity contribution in [1.82, 2.24) is 4.98 Å². The van der Waals surface area contributed by atoms with E-state index in [1.54, 1.807) is 0 Å². The number of aromatic nitrogens is 1. The molecule has 2 unspecified atom stereocenters. The molecular weight excluding hydrogens is 252 g/mol. The van der Waals surface area contributed by atoms with Crippen LogP contribution in [-0.4, -0.2) is 11.0 Å². The first kappa shape index (κ1) is 13.3. The summed E-state index contributed by atoms with van der Waals surface area (Å²) < 4.78 is 5.02. The molecule has 1 aromatic carbocycles. The smallest absolute Gasteiger partial charge is 0.408 e. The van der Waals surface area contributed by atoms with E-state index in [0.29, 0.717) is 23.0 Å².